The normalized spacial score (nSPS) is 12.4. The SMILES string of the molecule is NCCCCNC(=O)C(N)c1cccs1. The third-order valence-corrected chi connectivity index (χ3v) is 3.02. The molecule has 0 bridgehead atoms. The van der Waals surface area contributed by atoms with Crippen LogP contribution in [0.1, 0.15) is 23.8 Å². The molecule has 5 N–H and O–H groups in total. The van der Waals surface area contributed by atoms with E-state index < -0.39 is 6.04 Å². The maximum atomic E-state index is 11.5. The van der Waals surface area contributed by atoms with Crippen molar-refractivity contribution < 1.29 is 4.79 Å². The van der Waals surface area contributed by atoms with Crippen LogP contribution in [0, 0.1) is 0 Å². The molecule has 84 valence electrons. The lowest BCUT2D eigenvalue weighted by Crippen LogP contribution is -2.34. The first-order valence-electron chi connectivity index (χ1n) is 5.02. The van der Waals surface area contributed by atoms with Crippen molar-refractivity contribution in [2.24, 2.45) is 11.5 Å². The van der Waals surface area contributed by atoms with Crippen molar-refractivity contribution in [3.63, 3.8) is 0 Å². The average Bonchev–Trinajstić information content (AvgIpc) is 2.76. The molecule has 0 saturated heterocycles. The van der Waals surface area contributed by atoms with Gasteiger partial charge in [0.25, 0.3) is 0 Å². The minimum absolute atomic E-state index is 0.116. The number of hydrogen-bond donors (Lipinski definition) is 3. The van der Waals surface area contributed by atoms with Crippen LogP contribution in [-0.4, -0.2) is 19.0 Å². The van der Waals surface area contributed by atoms with Crippen LogP contribution in [0.4, 0.5) is 0 Å². The highest BCUT2D eigenvalue weighted by Crippen LogP contribution is 2.16. The molecule has 1 rings (SSSR count). The second-order valence-electron chi connectivity index (χ2n) is 3.28. The second kappa shape index (κ2) is 6.55. The molecule has 5 heteroatoms. The highest BCUT2D eigenvalue weighted by molar-refractivity contribution is 7.10. The van der Waals surface area contributed by atoms with Gasteiger partial charge in [0.2, 0.25) is 5.91 Å². The van der Waals surface area contributed by atoms with Crippen LogP contribution < -0.4 is 16.8 Å². The number of amides is 1. The Morgan fingerprint density at radius 2 is 2.33 bits per heavy atom. The molecule has 1 amide bonds. The summed E-state index contributed by atoms with van der Waals surface area (Å²) in [5, 5.41) is 4.71. The Labute approximate surface area is 93.7 Å². The molecule has 0 radical (unpaired) electrons. The van der Waals surface area contributed by atoms with Crippen molar-refractivity contribution in [2.45, 2.75) is 18.9 Å². The molecule has 1 heterocycles. The number of hydrogen-bond acceptors (Lipinski definition) is 4. The summed E-state index contributed by atoms with van der Waals surface area (Å²) in [4.78, 5) is 12.4. The number of nitrogens with one attached hydrogen (secondary N) is 1. The van der Waals surface area contributed by atoms with Crippen molar-refractivity contribution in [1.82, 2.24) is 5.32 Å². The Morgan fingerprint density at radius 1 is 1.53 bits per heavy atom. The van der Waals surface area contributed by atoms with E-state index in [0.29, 0.717) is 13.1 Å². The van der Waals surface area contributed by atoms with Gasteiger partial charge >= 0.3 is 0 Å². The van der Waals surface area contributed by atoms with Crippen LogP contribution in [0.25, 0.3) is 0 Å². The molecule has 1 atom stereocenters. The summed E-state index contributed by atoms with van der Waals surface area (Å²) >= 11 is 1.50. The Hall–Kier alpha value is -0.910. The minimum atomic E-state index is -0.539. The molecule has 1 aromatic heterocycles. The van der Waals surface area contributed by atoms with E-state index in [-0.39, 0.29) is 5.91 Å². The van der Waals surface area contributed by atoms with Crippen molar-refractivity contribution >= 4 is 17.2 Å². The molecule has 1 unspecified atom stereocenters. The second-order valence-corrected chi connectivity index (χ2v) is 4.26. The Balaban J connectivity index is 2.28. The molecule has 1 aromatic rings. The van der Waals surface area contributed by atoms with E-state index in [9.17, 15) is 4.79 Å². The van der Waals surface area contributed by atoms with Gasteiger partial charge in [0.1, 0.15) is 6.04 Å². The van der Waals surface area contributed by atoms with Gasteiger partial charge in [0.15, 0.2) is 0 Å². The van der Waals surface area contributed by atoms with Gasteiger partial charge in [0.05, 0.1) is 0 Å². The zero-order chi connectivity index (χ0) is 11.1. The van der Waals surface area contributed by atoms with Gasteiger partial charge in [0, 0.05) is 11.4 Å². The molecule has 0 aromatic carbocycles. The highest BCUT2D eigenvalue weighted by Gasteiger charge is 2.15. The van der Waals surface area contributed by atoms with E-state index in [1.54, 1.807) is 0 Å². The predicted molar refractivity (Wildman–Crippen MR) is 62.5 cm³/mol. The summed E-state index contributed by atoms with van der Waals surface area (Å²) in [6.07, 6.45) is 1.83. The number of carbonyl (C=O) groups is 1. The molecule has 0 aliphatic rings. The van der Waals surface area contributed by atoms with Gasteiger partial charge in [-0.15, -0.1) is 11.3 Å². The van der Waals surface area contributed by atoms with E-state index in [1.807, 2.05) is 17.5 Å². The fourth-order valence-electron chi connectivity index (χ4n) is 1.19. The highest BCUT2D eigenvalue weighted by atomic mass is 32.1. The summed E-state index contributed by atoms with van der Waals surface area (Å²) < 4.78 is 0. The summed E-state index contributed by atoms with van der Waals surface area (Å²) in [7, 11) is 0. The van der Waals surface area contributed by atoms with Crippen LogP contribution in [0.2, 0.25) is 0 Å². The molecule has 4 nitrogen and oxygen atoms in total. The summed E-state index contributed by atoms with van der Waals surface area (Å²) in [5.74, 6) is -0.116. The van der Waals surface area contributed by atoms with Crippen LogP contribution in [0.5, 0.6) is 0 Å². The quantitative estimate of drug-likeness (QED) is 0.623. The van der Waals surface area contributed by atoms with Gasteiger partial charge in [-0.05, 0) is 30.8 Å². The summed E-state index contributed by atoms with van der Waals surface area (Å²) in [6.45, 7) is 1.31. The van der Waals surface area contributed by atoms with Crippen molar-refractivity contribution in [3.05, 3.63) is 22.4 Å². The smallest absolute Gasteiger partial charge is 0.242 e. The first-order chi connectivity index (χ1) is 7.25. The molecule has 0 aliphatic heterocycles. The molecular weight excluding hydrogens is 210 g/mol. The lowest BCUT2D eigenvalue weighted by Gasteiger charge is -2.10. The van der Waals surface area contributed by atoms with Gasteiger partial charge in [-0.25, -0.2) is 0 Å². The number of rotatable bonds is 6. The standard InChI is InChI=1S/C10H17N3OS/c11-5-1-2-6-13-10(14)9(12)8-4-3-7-15-8/h3-4,7,9H,1-2,5-6,11-12H2,(H,13,14). The molecule has 0 fully saturated rings. The first kappa shape index (κ1) is 12.2. The number of thiophene rings is 1. The average molecular weight is 227 g/mol. The fraction of sp³-hybridized carbons (Fsp3) is 0.500. The van der Waals surface area contributed by atoms with E-state index >= 15 is 0 Å². The monoisotopic (exact) mass is 227 g/mol. The van der Waals surface area contributed by atoms with E-state index in [0.717, 1.165) is 17.7 Å². The fourth-order valence-corrected chi connectivity index (χ4v) is 1.91. The van der Waals surface area contributed by atoms with Gasteiger partial charge in [-0.2, -0.15) is 0 Å². The van der Waals surface area contributed by atoms with E-state index in [1.165, 1.54) is 11.3 Å². The van der Waals surface area contributed by atoms with Crippen LogP contribution >= 0.6 is 11.3 Å². The maximum Gasteiger partial charge on any atom is 0.242 e. The zero-order valence-corrected chi connectivity index (χ0v) is 9.43. The van der Waals surface area contributed by atoms with Gasteiger partial charge in [-0.3, -0.25) is 4.79 Å². The minimum Gasteiger partial charge on any atom is -0.354 e. The first-order valence-corrected chi connectivity index (χ1v) is 5.90. The number of carbonyl (C=O) groups excluding carboxylic acids is 1. The number of nitrogens with two attached hydrogens (primary N) is 2. The maximum absolute atomic E-state index is 11.5. The van der Waals surface area contributed by atoms with Crippen LogP contribution in [-0.2, 0) is 4.79 Å². The molecule has 0 spiro atoms. The van der Waals surface area contributed by atoms with Gasteiger partial charge < -0.3 is 16.8 Å². The van der Waals surface area contributed by atoms with E-state index in [2.05, 4.69) is 5.32 Å². The van der Waals surface area contributed by atoms with E-state index in [4.69, 9.17) is 11.5 Å². The topological polar surface area (TPSA) is 81.1 Å². The molecule has 15 heavy (non-hydrogen) atoms. The van der Waals surface area contributed by atoms with Gasteiger partial charge in [-0.1, -0.05) is 6.07 Å². The summed E-state index contributed by atoms with van der Waals surface area (Å²) in [6, 6.07) is 3.22. The Bertz CT molecular complexity index is 287. The third-order valence-electron chi connectivity index (χ3n) is 2.06. The van der Waals surface area contributed by atoms with Crippen LogP contribution in [0.3, 0.4) is 0 Å². The third kappa shape index (κ3) is 3.99. The number of unbranched alkanes of at least 4 members (excludes halogenated alkanes) is 1. The predicted octanol–water partition coefficient (Wildman–Crippen LogP) is 0.603. The zero-order valence-electron chi connectivity index (χ0n) is 8.61. The Kier molecular flexibility index (Phi) is 5.31. The summed E-state index contributed by atoms with van der Waals surface area (Å²) in [5.41, 5.74) is 11.1. The van der Waals surface area contributed by atoms with Crippen molar-refractivity contribution in [2.75, 3.05) is 13.1 Å². The molecular formula is C10H17N3OS. The largest absolute Gasteiger partial charge is 0.354 e. The van der Waals surface area contributed by atoms with Crippen molar-refractivity contribution in [1.29, 1.82) is 0 Å². The van der Waals surface area contributed by atoms with Crippen molar-refractivity contribution in [3.8, 4) is 0 Å². The lowest BCUT2D eigenvalue weighted by molar-refractivity contribution is -0.122. The lowest BCUT2D eigenvalue weighted by atomic mass is 10.2. The molecule has 0 saturated carbocycles. The van der Waals surface area contributed by atoms with Crippen LogP contribution in [0.15, 0.2) is 17.5 Å². The Morgan fingerprint density at radius 3 is 2.93 bits per heavy atom. The molecule has 0 aliphatic carbocycles.